The third kappa shape index (κ3) is 1.98. The van der Waals surface area contributed by atoms with Crippen molar-refractivity contribution in [2.24, 2.45) is 5.92 Å². The molecule has 0 bridgehead atoms. The van der Waals surface area contributed by atoms with Gasteiger partial charge in [0.1, 0.15) is 0 Å². The van der Waals surface area contributed by atoms with Crippen LogP contribution in [0.3, 0.4) is 0 Å². The van der Waals surface area contributed by atoms with Crippen LogP contribution in [0.1, 0.15) is 33.1 Å². The van der Waals surface area contributed by atoms with Crippen molar-refractivity contribution in [3.8, 4) is 0 Å². The molecule has 1 rings (SSSR count). The molecule has 0 spiro atoms. The summed E-state index contributed by atoms with van der Waals surface area (Å²) >= 11 is 0. The second kappa shape index (κ2) is 3.21. The normalized spacial score (nSPS) is 36.7. The Morgan fingerprint density at radius 1 is 1.44 bits per heavy atom. The predicted octanol–water partition coefficient (Wildman–Crippen LogP) is 2.21. The fourth-order valence-corrected chi connectivity index (χ4v) is 1.26. The maximum Gasteiger partial charge on any atom is 0.0572 e. The minimum atomic E-state index is 0.571. The van der Waals surface area contributed by atoms with Gasteiger partial charge in [-0.3, -0.25) is 0 Å². The lowest BCUT2D eigenvalue weighted by Crippen LogP contribution is -2.23. The van der Waals surface area contributed by atoms with Gasteiger partial charge in [-0.15, -0.1) is 0 Å². The van der Waals surface area contributed by atoms with Crippen LogP contribution in [-0.4, -0.2) is 12.7 Å². The first-order valence-electron chi connectivity index (χ1n) is 3.94. The maximum atomic E-state index is 5.54. The van der Waals surface area contributed by atoms with Gasteiger partial charge in [-0.2, -0.15) is 0 Å². The Hall–Kier alpha value is -0.0400. The number of rotatable bonds is 1. The molecule has 0 aromatic rings. The molecule has 1 nitrogen and oxygen atoms in total. The summed E-state index contributed by atoms with van der Waals surface area (Å²) < 4.78 is 5.54. The van der Waals surface area contributed by atoms with E-state index in [9.17, 15) is 0 Å². The second-order valence-electron chi connectivity index (χ2n) is 3.05. The molecule has 0 N–H and O–H groups in total. The van der Waals surface area contributed by atoms with Crippen molar-refractivity contribution in [1.82, 2.24) is 0 Å². The summed E-state index contributed by atoms with van der Waals surface area (Å²) in [7, 11) is 0. The third-order valence-corrected chi connectivity index (χ3v) is 2.05. The van der Waals surface area contributed by atoms with Crippen LogP contribution in [0.15, 0.2) is 0 Å². The molecule has 1 fully saturated rings. The van der Waals surface area contributed by atoms with Crippen LogP contribution in [0.25, 0.3) is 0 Å². The summed E-state index contributed by atoms with van der Waals surface area (Å²) in [6, 6.07) is 0. The van der Waals surface area contributed by atoms with E-state index in [0.717, 1.165) is 12.5 Å². The Morgan fingerprint density at radius 3 is 2.67 bits per heavy atom. The van der Waals surface area contributed by atoms with Crippen molar-refractivity contribution in [1.29, 1.82) is 0 Å². The molecule has 2 atom stereocenters. The van der Waals surface area contributed by atoms with E-state index in [2.05, 4.69) is 13.8 Å². The van der Waals surface area contributed by atoms with E-state index in [0.29, 0.717) is 6.10 Å². The van der Waals surface area contributed by atoms with Crippen LogP contribution >= 0.6 is 0 Å². The van der Waals surface area contributed by atoms with Crippen LogP contribution in [-0.2, 0) is 4.74 Å². The van der Waals surface area contributed by atoms with Gasteiger partial charge in [-0.1, -0.05) is 13.8 Å². The summed E-state index contributed by atoms with van der Waals surface area (Å²) in [6.45, 7) is 5.44. The number of ether oxygens (including phenoxy) is 1. The molecule has 0 aliphatic carbocycles. The SMILES string of the molecule is CCC1CCC(C)CO1. The van der Waals surface area contributed by atoms with Gasteiger partial charge in [0.2, 0.25) is 0 Å². The van der Waals surface area contributed by atoms with Gasteiger partial charge in [-0.25, -0.2) is 0 Å². The average molecular weight is 128 g/mol. The first-order chi connectivity index (χ1) is 4.33. The van der Waals surface area contributed by atoms with Crippen LogP contribution < -0.4 is 0 Å². The second-order valence-corrected chi connectivity index (χ2v) is 3.05. The largest absolute Gasteiger partial charge is 0.378 e. The van der Waals surface area contributed by atoms with Gasteiger partial charge in [0, 0.05) is 6.61 Å². The van der Waals surface area contributed by atoms with Gasteiger partial charge in [0.15, 0.2) is 0 Å². The molecule has 0 radical (unpaired) electrons. The van der Waals surface area contributed by atoms with E-state index in [4.69, 9.17) is 4.74 Å². The van der Waals surface area contributed by atoms with Crippen LogP contribution in [0, 0.1) is 5.92 Å². The lowest BCUT2D eigenvalue weighted by Gasteiger charge is -2.25. The van der Waals surface area contributed by atoms with Crippen molar-refractivity contribution in [2.75, 3.05) is 6.61 Å². The summed E-state index contributed by atoms with van der Waals surface area (Å²) in [5.74, 6) is 0.799. The molecular weight excluding hydrogens is 112 g/mol. The van der Waals surface area contributed by atoms with Gasteiger partial charge < -0.3 is 4.74 Å². The maximum absolute atomic E-state index is 5.54. The highest BCUT2D eigenvalue weighted by Crippen LogP contribution is 2.19. The molecule has 2 unspecified atom stereocenters. The van der Waals surface area contributed by atoms with Crippen molar-refractivity contribution in [3.05, 3.63) is 0 Å². The lowest BCUT2D eigenvalue weighted by molar-refractivity contribution is -0.0123. The van der Waals surface area contributed by atoms with E-state index in [1.54, 1.807) is 0 Å². The minimum Gasteiger partial charge on any atom is -0.378 e. The van der Waals surface area contributed by atoms with Gasteiger partial charge in [0.25, 0.3) is 0 Å². The van der Waals surface area contributed by atoms with E-state index < -0.39 is 0 Å². The molecule has 9 heavy (non-hydrogen) atoms. The van der Waals surface area contributed by atoms with Gasteiger partial charge in [0.05, 0.1) is 6.10 Å². The molecule has 0 saturated carbocycles. The fraction of sp³-hybridized carbons (Fsp3) is 1.00. The molecule has 0 amide bonds. The zero-order chi connectivity index (χ0) is 6.69. The molecule has 1 aliphatic heterocycles. The summed E-state index contributed by atoms with van der Waals surface area (Å²) in [5, 5.41) is 0. The highest BCUT2D eigenvalue weighted by molar-refractivity contribution is 4.65. The summed E-state index contributed by atoms with van der Waals surface area (Å²) in [6.07, 6.45) is 4.39. The Kier molecular flexibility index (Phi) is 2.52. The Bertz CT molecular complexity index is 72.6. The zero-order valence-electron chi connectivity index (χ0n) is 6.39. The van der Waals surface area contributed by atoms with Crippen molar-refractivity contribution >= 4 is 0 Å². The zero-order valence-corrected chi connectivity index (χ0v) is 6.39. The minimum absolute atomic E-state index is 0.571. The molecule has 1 aliphatic rings. The Morgan fingerprint density at radius 2 is 2.22 bits per heavy atom. The average Bonchev–Trinajstić information content (AvgIpc) is 1.90. The first-order valence-corrected chi connectivity index (χ1v) is 3.94. The molecule has 1 heteroatoms. The monoisotopic (exact) mass is 128 g/mol. The van der Waals surface area contributed by atoms with Crippen LogP contribution in [0.5, 0.6) is 0 Å². The molecule has 0 aromatic carbocycles. The van der Waals surface area contributed by atoms with Gasteiger partial charge >= 0.3 is 0 Å². The molecule has 0 aromatic heterocycles. The fourth-order valence-electron chi connectivity index (χ4n) is 1.26. The lowest BCUT2D eigenvalue weighted by atomic mass is 9.99. The standard InChI is InChI=1S/C8H16O/c1-3-8-5-4-7(2)6-9-8/h7-8H,3-6H2,1-2H3. The Balaban J connectivity index is 2.18. The highest BCUT2D eigenvalue weighted by atomic mass is 16.5. The van der Waals surface area contributed by atoms with Crippen molar-refractivity contribution < 1.29 is 4.74 Å². The van der Waals surface area contributed by atoms with Crippen LogP contribution in [0.2, 0.25) is 0 Å². The number of hydrogen-bond acceptors (Lipinski definition) is 1. The molecule has 1 saturated heterocycles. The number of hydrogen-bond donors (Lipinski definition) is 0. The van der Waals surface area contributed by atoms with Crippen molar-refractivity contribution in [3.63, 3.8) is 0 Å². The van der Waals surface area contributed by atoms with E-state index in [-0.39, 0.29) is 0 Å². The van der Waals surface area contributed by atoms with E-state index in [1.165, 1.54) is 19.3 Å². The molecule has 54 valence electrons. The predicted molar refractivity (Wildman–Crippen MR) is 38.4 cm³/mol. The van der Waals surface area contributed by atoms with Crippen molar-refractivity contribution in [2.45, 2.75) is 39.2 Å². The summed E-state index contributed by atoms with van der Waals surface area (Å²) in [4.78, 5) is 0. The molecular formula is C8H16O. The first kappa shape index (κ1) is 7.07. The van der Waals surface area contributed by atoms with E-state index >= 15 is 0 Å². The van der Waals surface area contributed by atoms with Crippen LogP contribution in [0.4, 0.5) is 0 Å². The third-order valence-electron chi connectivity index (χ3n) is 2.05. The summed E-state index contributed by atoms with van der Waals surface area (Å²) in [5.41, 5.74) is 0. The smallest absolute Gasteiger partial charge is 0.0572 e. The topological polar surface area (TPSA) is 9.23 Å². The molecule has 1 heterocycles. The van der Waals surface area contributed by atoms with E-state index in [1.807, 2.05) is 0 Å². The quantitative estimate of drug-likeness (QED) is 0.526. The Labute approximate surface area is 57.4 Å². The van der Waals surface area contributed by atoms with Gasteiger partial charge in [-0.05, 0) is 25.2 Å². The highest BCUT2D eigenvalue weighted by Gasteiger charge is 2.15.